The highest BCUT2D eigenvalue weighted by Crippen LogP contribution is 1.28. The van der Waals surface area contributed by atoms with Gasteiger partial charge in [0.15, 0.2) is 0 Å². The fraction of sp³-hybridized carbons (Fsp3) is 0. The molecule has 0 aliphatic heterocycles. The maximum atomic E-state index is 10.3. The van der Waals surface area contributed by atoms with Crippen LogP contribution in [0.4, 0.5) is 4.48 Å². The number of halogens is 1. The van der Waals surface area contributed by atoms with Crippen molar-refractivity contribution in [2.24, 2.45) is 0 Å². The van der Waals surface area contributed by atoms with Crippen molar-refractivity contribution in [3.8, 4) is 0 Å². The monoisotopic (exact) mass is 64.0 g/mol. The van der Waals surface area contributed by atoms with Crippen molar-refractivity contribution in [2.75, 3.05) is 0 Å². The molecule has 0 atom stereocenters. The number of carbonyl (C=O) groups is 1. The molecule has 2 nitrogen and oxygen atoms in total. The zero-order valence-electron chi connectivity index (χ0n) is 2.79. The van der Waals surface area contributed by atoms with Crippen LogP contribution in [0, 0.1) is 0 Å². The minimum atomic E-state index is -1.41. The highest BCUT2D eigenvalue weighted by Gasteiger charge is 1.48. The highest BCUT2D eigenvalue weighted by atomic mass is 19.2. The average molecular weight is 64.0 g/mol. The third-order valence-electron chi connectivity index (χ3n) is 0.0386. The van der Waals surface area contributed by atoms with Crippen LogP contribution in [0.1, 0.15) is 1.37 Å². The maximum Gasteiger partial charge on any atom is 0.234 e. The van der Waals surface area contributed by atoms with Crippen molar-refractivity contribution in [1.29, 1.82) is 0 Å². The minimum Gasteiger partial charge on any atom is -0.276 e. The highest BCUT2D eigenvalue weighted by molar-refractivity contribution is 5.43. The van der Waals surface area contributed by atoms with E-state index in [1.807, 2.05) is 0 Å². The Bertz CT molecular complexity index is 46.9. The Kier molecular flexibility index (Phi) is 1.02. The molecule has 24 valence electrons. The quantitative estimate of drug-likeness (QED) is 0.302. The van der Waals surface area contributed by atoms with Gasteiger partial charge in [-0.2, -0.15) is 5.54 Å². The number of amides is 1. The van der Waals surface area contributed by atoms with E-state index in [4.69, 9.17) is 6.17 Å². The zero-order valence-corrected chi connectivity index (χ0v) is 1.79. The second-order valence-electron chi connectivity index (χ2n) is 0.197. The molecule has 0 aliphatic carbocycles. The molecule has 0 aliphatic rings. The lowest BCUT2D eigenvalue weighted by Crippen LogP contribution is -1.89. The fourth-order valence-corrected chi connectivity index (χ4v) is 0. The molecule has 0 spiro atoms. The molecule has 3 heteroatoms. The Hall–Kier alpha value is -0.600. The lowest BCUT2D eigenvalue weighted by Gasteiger charge is -1.57. The van der Waals surface area contributed by atoms with Gasteiger partial charge in [-0.05, 0) is 0 Å². The first-order chi connectivity index (χ1) is 2.27. The van der Waals surface area contributed by atoms with Gasteiger partial charge in [0.25, 0.3) is 0 Å². The summed E-state index contributed by atoms with van der Waals surface area (Å²) in [5.41, 5.74) is 0.556. The Labute approximate surface area is 24.0 Å². The summed E-state index contributed by atoms with van der Waals surface area (Å²) >= 11 is 0. The molecular weight excluding hydrogens is 61.0 g/mol. The van der Waals surface area contributed by atoms with Crippen LogP contribution in [0.3, 0.4) is 0 Å². The number of carbonyl (C=O) groups excluding carboxylic acids is 1. The SMILES string of the molecule is [2H]C(=O)NF. The van der Waals surface area contributed by atoms with Gasteiger partial charge >= 0.3 is 0 Å². The predicted octanol–water partition coefficient (Wildman–Crippen LogP) is -0.383. The van der Waals surface area contributed by atoms with Crippen LogP contribution >= 0.6 is 0 Å². The summed E-state index contributed by atoms with van der Waals surface area (Å²) in [5.74, 6) is 0. The molecule has 0 rings (SSSR count). The molecule has 0 heterocycles. The Morgan fingerprint density at radius 2 is 2.75 bits per heavy atom. The van der Waals surface area contributed by atoms with Gasteiger partial charge in [-0.25, -0.2) is 0 Å². The first-order valence-corrected chi connectivity index (χ1v) is 0.643. The summed E-state index contributed by atoms with van der Waals surface area (Å²) in [7, 11) is 0. The number of rotatable bonds is 0. The Morgan fingerprint density at radius 3 is 2.75 bits per heavy atom. The van der Waals surface area contributed by atoms with Crippen molar-refractivity contribution >= 4 is 6.39 Å². The van der Waals surface area contributed by atoms with Gasteiger partial charge in [-0.1, -0.05) is 0 Å². The van der Waals surface area contributed by atoms with Gasteiger partial charge in [-0.15, -0.1) is 4.48 Å². The largest absolute Gasteiger partial charge is 0.276 e. The molecule has 0 aromatic heterocycles. The van der Waals surface area contributed by atoms with Crippen LogP contribution in [0.15, 0.2) is 0 Å². The van der Waals surface area contributed by atoms with Gasteiger partial charge < -0.3 is 0 Å². The third kappa shape index (κ3) is 1.40. The van der Waals surface area contributed by atoms with Gasteiger partial charge in [0, 0.05) is 0 Å². The second kappa shape index (κ2) is 2.40. The summed E-state index contributed by atoms with van der Waals surface area (Å²) < 4.78 is 16.0. The standard InChI is InChI=1S/CH2FNO/c2-3-1-4/h1H,(H,3,4)/i1D. The van der Waals surface area contributed by atoms with E-state index in [2.05, 4.69) is 0 Å². The van der Waals surface area contributed by atoms with Crippen molar-refractivity contribution in [3.63, 3.8) is 0 Å². The Balaban J connectivity index is 2.85. The molecule has 1 amide bonds. The lowest BCUT2D eigenvalue weighted by atomic mass is 11.5. The van der Waals surface area contributed by atoms with Crippen LogP contribution in [0.2, 0.25) is 0 Å². The molecule has 4 heavy (non-hydrogen) atoms. The van der Waals surface area contributed by atoms with Crippen LogP contribution < -0.4 is 5.54 Å². The molecule has 0 aromatic rings. The van der Waals surface area contributed by atoms with Gasteiger partial charge in [-0.3, -0.25) is 4.79 Å². The summed E-state index contributed by atoms with van der Waals surface area (Å²) in [6.07, 6.45) is -1.41. The third-order valence-corrected chi connectivity index (χ3v) is 0.0386. The molecule has 0 bridgehead atoms. The van der Waals surface area contributed by atoms with Crippen LogP contribution in [-0.2, 0) is 4.79 Å². The molecule has 0 fully saturated rings. The summed E-state index contributed by atoms with van der Waals surface area (Å²) in [4.78, 5) is 8.99. The molecule has 0 aromatic carbocycles. The van der Waals surface area contributed by atoms with E-state index in [0.717, 1.165) is 0 Å². The van der Waals surface area contributed by atoms with Crippen molar-refractivity contribution in [2.45, 2.75) is 0 Å². The fourth-order valence-electron chi connectivity index (χ4n) is 0. The average Bonchev–Trinajstić information content (AvgIpc) is 1.38. The molecule has 0 saturated carbocycles. The number of hydrogen-bond acceptors (Lipinski definition) is 1. The van der Waals surface area contributed by atoms with Crippen LogP contribution in [-0.4, -0.2) is 6.39 Å². The summed E-state index contributed by atoms with van der Waals surface area (Å²) in [6, 6.07) is 0. The van der Waals surface area contributed by atoms with Gasteiger partial charge in [0.2, 0.25) is 6.39 Å². The summed E-state index contributed by atoms with van der Waals surface area (Å²) in [5, 5.41) is 0. The van der Waals surface area contributed by atoms with Gasteiger partial charge in [0.1, 0.15) is 1.37 Å². The van der Waals surface area contributed by atoms with E-state index in [1.54, 1.807) is 0 Å². The second-order valence-corrected chi connectivity index (χ2v) is 0.197. The smallest absolute Gasteiger partial charge is 0.234 e. The maximum absolute atomic E-state index is 10.3. The molecular formula is CH2FNO. The first-order valence-electron chi connectivity index (χ1n) is 1.14. The molecule has 0 saturated heterocycles. The molecule has 1 N–H and O–H groups in total. The minimum absolute atomic E-state index is 0.556. The normalized spacial score (nSPS) is 8.75. The van der Waals surface area contributed by atoms with Crippen molar-refractivity contribution in [3.05, 3.63) is 0 Å². The lowest BCUT2D eigenvalue weighted by molar-refractivity contribution is -0.113. The first kappa shape index (κ1) is 1.69. The van der Waals surface area contributed by atoms with Crippen molar-refractivity contribution in [1.82, 2.24) is 5.54 Å². The number of hydrogen-bond donors (Lipinski definition) is 1. The van der Waals surface area contributed by atoms with Gasteiger partial charge in [0.05, 0.1) is 0 Å². The van der Waals surface area contributed by atoms with Crippen LogP contribution in [0.5, 0.6) is 0 Å². The molecule has 0 unspecified atom stereocenters. The zero-order chi connectivity index (χ0) is 4.28. The van der Waals surface area contributed by atoms with E-state index in [-0.39, 0.29) is 0 Å². The summed E-state index contributed by atoms with van der Waals surface area (Å²) in [6.45, 7) is 0. The van der Waals surface area contributed by atoms with E-state index >= 15 is 0 Å². The Morgan fingerprint density at radius 1 is 2.50 bits per heavy atom. The topological polar surface area (TPSA) is 29.1 Å². The van der Waals surface area contributed by atoms with E-state index in [1.165, 1.54) is 0 Å². The van der Waals surface area contributed by atoms with Crippen LogP contribution in [0.25, 0.3) is 0 Å². The van der Waals surface area contributed by atoms with E-state index in [0.29, 0.717) is 5.54 Å². The number of nitrogens with one attached hydrogen (secondary N) is 1. The molecule has 0 radical (unpaired) electrons. The van der Waals surface area contributed by atoms with E-state index in [9.17, 15) is 4.48 Å². The van der Waals surface area contributed by atoms with E-state index < -0.39 is 6.39 Å². The predicted molar refractivity (Wildman–Crippen MR) is 10.3 cm³/mol. The van der Waals surface area contributed by atoms with Crippen molar-refractivity contribution < 1.29 is 10.6 Å².